The van der Waals surface area contributed by atoms with E-state index < -0.39 is 12.0 Å². The summed E-state index contributed by atoms with van der Waals surface area (Å²) in [5.41, 5.74) is 1.86. The maximum absolute atomic E-state index is 11.4. The number of nitrogens with zero attached hydrogens (tertiary/aromatic N) is 1. The normalized spacial score (nSPS) is 12.7. The number of aliphatic carboxylic acids is 1. The average Bonchev–Trinajstić information content (AvgIpc) is 2.37. The first kappa shape index (κ1) is 14.7. The van der Waals surface area contributed by atoms with E-state index in [2.05, 4.69) is 0 Å². The van der Waals surface area contributed by atoms with E-state index in [-0.39, 0.29) is 0 Å². The van der Waals surface area contributed by atoms with Crippen LogP contribution >= 0.6 is 0 Å². The molecule has 100 valence electrons. The summed E-state index contributed by atoms with van der Waals surface area (Å²) in [7, 11) is 1.64. The third-order valence-corrected chi connectivity index (χ3v) is 3.02. The molecule has 0 fully saturated rings. The maximum Gasteiger partial charge on any atom is 0.325 e. The molecule has 0 radical (unpaired) electrons. The van der Waals surface area contributed by atoms with Gasteiger partial charge in [-0.1, -0.05) is 38.1 Å². The van der Waals surface area contributed by atoms with Crippen molar-refractivity contribution < 1.29 is 14.6 Å². The van der Waals surface area contributed by atoms with Gasteiger partial charge in [0.05, 0.1) is 6.61 Å². The first-order chi connectivity index (χ1) is 8.63. The van der Waals surface area contributed by atoms with Crippen molar-refractivity contribution in [1.82, 2.24) is 4.90 Å². The topological polar surface area (TPSA) is 49.8 Å². The first-order valence-electron chi connectivity index (χ1n) is 6.18. The summed E-state index contributed by atoms with van der Waals surface area (Å²) < 4.78 is 5.04. The summed E-state index contributed by atoms with van der Waals surface area (Å²) >= 11 is 0. The molecule has 0 aliphatic carbocycles. The largest absolute Gasteiger partial charge is 0.480 e. The van der Waals surface area contributed by atoms with Crippen molar-refractivity contribution >= 4 is 5.97 Å². The Kier molecular flexibility index (Phi) is 5.82. The smallest absolute Gasteiger partial charge is 0.325 e. The highest BCUT2D eigenvalue weighted by Crippen LogP contribution is 2.21. The molecule has 1 rings (SSSR count). The second kappa shape index (κ2) is 7.13. The Morgan fingerprint density at radius 2 is 1.83 bits per heavy atom. The number of hydrogen-bond acceptors (Lipinski definition) is 3. The molecule has 0 aliphatic heterocycles. The van der Waals surface area contributed by atoms with Crippen LogP contribution in [0.1, 0.15) is 31.0 Å². The van der Waals surface area contributed by atoms with Gasteiger partial charge in [-0.05, 0) is 24.2 Å². The predicted octanol–water partition coefficient (Wildman–Crippen LogP) is 2.30. The fourth-order valence-corrected chi connectivity index (χ4v) is 2.06. The van der Waals surface area contributed by atoms with Gasteiger partial charge < -0.3 is 9.84 Å². The van der Waals surface area contributed by atoms with E-state index in [0.29, 0.717) is 19.7 Å². The van der Waals surface area contributed by atoms with E-state index in [1.807, 2.05) is 43.0 Å². The highest BCUT2D eigenvalue weighted by atomic mass is 16.5. The zero-order valence-corrected chi connectivity index (χ0v) is 11.2. The molecule has 0 spiro atoms. The second-order valence-corrected chi connectivity index (χ2v) is 4.14. The molecule has 18 heavy (non-hydrogen) atoms. The van der Waals surface area contributed by atoms with Gasteiger partial charge in [-0.3, -0.25) is 9.69 Å². The van der Waals surface area contributed by atoms with Gasteiger partial charge in [0.1, 0.15) is 6.04 Å². The molecule has 1 atom stereocenters. The Morgan fingerprint density at radius 1 is 1.28 bits per heavy atom. The Hall–Kier alpha value is -1.39. The molecule has 4 nitrogen and oxygen atoms in total. The van der Waals surface area contributed by atoms with E-state index in [0.717, 1.165) is 11.1 Å². The van der Waals surface area contributed by atoms with Gasteiger partial charge in [0.15, 0.2) is 0 Å². The molecular weight excluding hydrogens is 230 g/mol. The lowest BCUT2D eigenvalue weighted by Gasteiger charge is -2.26. The summed E-state index contributed by atoms with van der Waals surface area (Å²) in [6.45, 7) is 5.92. The Bertz CT molecular complexity index is 371. The van der Waals surface area contributed by atoms with Gasteiger partial charge >= 0.3 is 5.97 Å². The molecular formula is C14H21NO3. The van der Waals surface area contributed by atoms with Crippen molar-refractivity contribution in [2.24, 2.45) is 0 Å². The third kappa shape index (κ3) is 3.55. The van der Waals surface area contributed by atoms with E-state index >= 15 is 0 Å². The predicted molar refractivity (Wildman–Crippen MR) is 70.5 cm³/mol. The van der Waals surface area contributed by atoms with Gasteiger partial charge in [-0.15, -0.1) is 0 Å². The van der Waals surface area contributed by atoms with Crippen LogP contribution in [0.15, 0.2) is 24.3 Å². The summed E-state index contributed by atoms with van der Waals surface area (Å²) in [4.78, 5) is 13.3. The van der Waals surface area contributed by atoms with Crippen molar-refractivity contribution in [3.05, 3.63) is 35.4 Å². The van der Waals surface area contributed by atoms with E-state index in [4.69, 9.17) is 4.74 Å². The molecule has 1 unspecified atom stereocenters. The van der Waals surface area contributed by atoms with E-state index in [1.165, 1.54) is 0 Å². The van der Waals surface area contributed by atoms with Crippen LogP contribution in [0.3, 0.4) is 0 Å². The van der Waals surface area contributed by atoms with E-state index in [9.17, 15) is 9.90 Å². The van der Waals surface area contributed by atoms with Crippen LogP contribution in [0.2, 0.25) is 0 Å². The van der Waals surface area contributed by atoms with Crippen molar-refractivity contribution in [2.45, 2.75) is 26.5 Å². The molecule has 4 heteroatoms. The van der Waals surface area contributed by atoms with Gasteiger partial charge in [0.2, 0.25) is 0 Å². The van der Waals surface area contributed by atoms with Gasteiger partial charge in [0.25, 0.3) is 0 Å². The minimum absolute atomic E-state index is 0.545. The molecule has 0 aromatic heterocycles. The van der Waals surface area contributed by atoms with Gasteiger partial charge in [-0.25, -0.2) is 0 Å². The molecule has 0 saturated carbocycles. The third-order valence-electron chi connectivity index (χ3n) is 3.02. The van der Waals surface area contributed by atoms with Crippen molar-refractivity contribution in [1.29, 1.82) is 0 Å². The van der Waals surface area contributed by atoms with Crippen LogP contribution in [-0.4, -0.2) is 36.2 Å². The average molecular weight is 251 g/mol. The van der Waals surface area contributed by atoms with Crippen LogP contribution in [0.4, 0.5) is 0 Å². The quantitative estimate of drug-likeness (QED) is 0.808. The minimum atomic E-state index is -0.807. The number of methoxy groups -OCH3 is 1. The second-order valence-electron chi connectivity index (χ2n) is 4.14. The van der Waals surface area contributed by atoms with Gasteiger partial charge in [-0.2, -0.15) is 0 Å². The fraction of sp³-hybridized carbons (Fsp3) is 0.500. The van der Waals surface area contributed by atoms with Crippen molar-refractivity contribution in [2.75, 3.05) is 20.2 Å². The fourth-order valence-electron chi connectivity index (χ4n) is 2.06. The first-order valence-corrected chi connectivity index (χ1v) is 6.18. The lowest BCUT2D eigenvalue weighted by Crippen LogP contribution is -2.33. The van der Waals surface area contributed by atoms with Crippen LogP contribution in [0, 0.1) is 0 Å². The minimum Gasteiger partial charge on any atom is -0.480 e. The zero-order valence-electron chi connectivity index (χ0n) is 11.2. The lowest BCUT2D eigenvalue weighted by molar-refractivity contribution is -0.143. The molecule has 1 N–H and O–H groups in total. The molecule has 0 amide bonds. The molecule has 1 aromatic rings. The Balaban J connectivity index is 2.95. The molecule has 0 bridgehead atoms. The molecule has 0 saturated heterocycles. The number of rotatable bonds is 7. The summed E-state index contributed by atoms with van der Waals surface area (Å²) in [5.74, 6) is -0.807. The number of carboxylic acids is 1. The van der Waals surface area contributed by atoms with Crippen LogP contribution < -0.4 is 0 Å². The monoisotopic (exact) mass is 251 g/mol. The van der Waals surface area contributed by atoms with Crippen LogP contribution in [-0.2, 0) is 16.1 Å². The SMILES string of the molecule is CCN(CC)C(C(=O)O)c1ccc(COC)cc1. The van der Waals surface area contributed by atoms with Crippen molar-refractivity contribution in [3.63, 3.8) is 0 Å². The van der Waals surface area contributed by atoms with Crippen LogP contribution in [0.5, 0.6) is 0 Å². The van der Waals surface area contributed by atoms with E-state index in [1.54, 1.807) is 7.11 Å². The summed E-state index contributed by atoms with van der Waals surface area (Å²) in [6, 6.07) is 6.99. The molecule has 1 aromatic carbocycles. The zero-order chi connectivity index (χ0) is 13.5. The lowest BCUT2D eigenvalue weighted by atomic mass is 10.0. The highest BCUT2D eigenvalue weighted by Gasteiger charge is 2.24. The molecule has 0 aliphatic rings. The van der Waals surface area contributed by atoms with Gasteiger partial charge in [0, 0.05) is 7.11 Å². The van der Waals surface area contributed by atoms with Crippen LogP contribution in [0.25, 0.3) is 0 Å². The Labute approximate surface area is 108 Å². The number of carboxylic acid groups (broad SMARTS) is 1. The number of benzene rings is 1. The summed E-state index contributed by atoms with van der Waals surface area (Å²) in [6.07, 6.45) is 0. The Morgan fingerprint density at radius 3 is 2.22 bits per heavy atom. The number of hydrogen-bond donors (Lipinski definition) is 1. The highest BCUT2D eigenvalue weighted by molar-refractivity contribution is 5.75. The number of likely N-dealkylation sites (N-methyl/N-ethyl adjacent to an activating group) is 1. The van der Waals surface area contributed by atoms with Crippen molar-refractivity contribution in [3.8, 4) is 0 Å². The number of carbonyl (C=O) groups is 1. The standard InChI is InChI=1S/C14H21NO3/c1-4-15(5-2)13(14(16)17)12-8-6-11(7-9-12)10-18-3/h6-9,13H,4-5,10H2,1-3H3,(H,16,17). The maximum atomic E-state index is 11.4. The molecule has 0 heterocycles. The number of ether oxygens (including phenoxy) is 1. The summed E-state index contributed by atoms with van der Waals surface area (Å²) in [5, 5.41) is 9.37.